The van der Waals surface area contributed by atoms with Crippen molar-refractivity contribution in [3.63, 3.8) is 0 Å². The zero-order valence-electron chi connectivity index (χ0n) is 14.5. The lowest BCUT2D eigenvalue weighted by molar-refractivity contribution is -0.140. The van der Waals surface area contributed by atoms with Crippen LogP contribution in [0.25, 0.3) is 10.4 Å². The Morgan fingerprint density at radius 1 is 1.25 bits per heavy atom. The summed E-state index contributed by atoms with van der Waals surface area (Å²) in [5, 5.41) is 4.11. The second kappa shape index (κ2) is 9.99. The van der Waals surface area contributed by atoms with Gasteiger partial charge in [-0.1, -0.05) is 55.1 Å². The minimum atomic E-state index is -0.164. The summed E-state index contributed by atoms with van der Waals surface area (Å²) in [6.45, 7) is 0. The maximum absolute atomic E-state index is 11.2. The van der Waals surface area contributed by atoms with Gasteiger partial charge in [-0.05, 0) is 48.3 Å². The van der Waals surface area contributed by atoms with Crippen molar-refractivity contribution in [2.24, 2.45) is 11.0 Å². The van der Waals surface area contributed by atoms with Crippen LogP contribution in [0.5, 0.6) is 0 Å². The Labute approximate surface area is 144 Å². The largest absolute Gasteiger partial charge is 0.469 e. The van der Waals surface area contributed by atoms with Crippen LogP contribution >= 0.6 is 0 Å². The molecule has 0 N–H and O–H groups in total. The van der Waals surface area contributed by atoms with Gasteiger partial charge in [-0.3, -0.25) is 4.79 Å². The first-order valence-corrected chi connectivity index (χ1v) is 8.94. The lowest BCUT2D eigenvalue weighted by Crippen LogP contribution is -2.10. The van der Waals surface area contributed by atoms with E-state index in [9.17, 15) is 4.79 Å². The minimum Gasteiger partial charge on any atom is -0.469 e. The summed E-state index contributed by atoms with van der Waals surface area (Å²) in [6.07, 6.45) is 9.41. The van der Waals surface area contributed by atoms with E-state index in [4.69, 9.17) is 5.53 Å². The van der Waals surface area contributed by atoms with Crippen molar-refractivity contribution < 1.29 is 9.53 Å². The Morgan fingerprint density at radius 2 is 1.92 bits per heavy atom. The molecule has 0 heterocycles. The summed E-state index contributed by atoms with van der Waals surface area (Å²) >= 11 is 0. The molecule has 0 spiro atoms. The second-order valence-electron chi connectivity index (χ2n) is 6.57. The third kappa shape index (κ3) is 5.57. The van der Waals surface area contributed by atoms with Crippen molar-refractivity contribution in [2.75, 3.05) is 7.11 Å². The molecule has 1 aromatic rings. The predicted octanol–water partition coefficient (Wildman–Crippen LogP) is 5.50. The molecule has 1 aliphatic rings. The van der Waals surface area contributed by atoms with Gasteiger partial charge in [0, 0.05) is 11.3 Å². The molecule has 1 aliphatic carbocycles. The van der Waals surface area contributed by atoms with Gasteiger partial charge in [0.2, 0.25) is 0 Å². The fraction of sp³-hybridized carbons (Fsp3) is 0.632. The average Bonchev–Trinajstić information content (AvgIpc) is 2.89. The highest BCUT2D eigenvalue weighted by Gasteiger charge is 2.23. The van der Waals surface area contributed by atoms with Gasteiger partial charge in [-0.25, -0.2) is 0 Å². The van der Waals surface area contributed by atoms with Crippen LogP contribution in [-0.4, -0.2) is 13.1 Å². The van der Waals surface area contributed by atoms with E-state index in [2.05, 4.69) is 39.0 Å². The fourth-order valence-electron chi connectivity index (χ4n) is 3.54. The van der Waals surface area contributed by atoms with E-state index in [0.29, 0.717) is 12.3 Å². The van der Waals surface area contributed by atoms with Crippen LogP contribution in [0, 0.1) is 5.92 Å². The van der Waals surface area contributed by atoms with Gasteiger partial charge < -0.3 is 4.74 Å². The highest BCUT2D eigenvalue weighted by Crippen LogP contribution is 2.36. The monoisotopic (exact) mass is 329 g/mol. The van der Waals surface area contributed by atoms with Gasteiger partial charge in [0.25, 0.3) is 0 Å². The molecule has 0 aliphatic heterocycles. The molecule has 1 fully saturated rings. The normalized spacial score (nSPS) is 16.7. The standard InChI is InChI=1S/C19H27N3O2/c1-24-18(23)10-6-7-15-11-13-17(14-12-15)19(21-22-20)16-8-4-2-3-5-9-16/h11-14,16,19H,2-10H2,1H3. The highest BCUT2D eigenvalue weighted by molar-refractivity contribution is 5.69. The minimum absolute atomic E-state index is 0.0581. The molecule has 0 aromatic heterocycles. The topological polar surface area (TPSA) is 75.1 Å². The Balaban J connectivity index is 2.00. The van der Waals surface area contributed by atoms with E-state index in [1.54, 1.807) is 0 Å². The zero-order chi connectivity index (χ0) is 17.2. The molecule has 130 valence electrons. The molecule has 0 radical (unpaired) electrons. The quantitative estimate of drug-likeness (QED) is 0.218. The number of carbonyl (C=O) groups excluding carboxylic acids is 1. The molecule has 1 saturated carbocycles. The first-order chi connectivity index (χ1) is 11.7. The first kappa shape index (κ1) is 18.3. The lowest BCUT2D eigenvalue weighted by Gasteiger charge is -2.22. The molecule has 1 aromatic carbocycles. The fourth-order valence-corrected chi connectivity index (χ4v) is 3.54. The van der Waals surface area contributed by atoms with Crippen LogP contribution in [-0.2, 0) is 16.0 Å². The summed E-state index contributed by atoms with van der Waals surface area (Å²) in [7, 11) is 1.42. The summed E-state index contributed by atoms with van der Waals surface area (Å²) < 4.78 is 4.66. The average molecular weight is 329 g/mol. The van der Waals surface area contributed by atoms with Crippen LogP contribution in [0.4, 0.5) is 0 Å². The molecule has 0 saturated heterocycles. The summed E-state index contributed by atoms with van der Waals surface area (Å²) in [4.78, 5) is 14.2. The molecule has 1 atom stereocenters. The highest BCUT2D eigenvalue weighted by atomic mass is 16.5. The van der Waals surface area contributed by atoms with E-state index in [0.717, 1.165) is 31.2 Å². The summed E-state index contributed by atoms with van der Waals surface area (Å²) in [5.74, 6) is 0.289. The van der Waals surface area contributed by atoms with Crippen molar-refractivity contribution in [1.82, 2.24) is 0 Å². The molecule has 0 amide bonds. The molecule has 0 bridgehead atoms. The maximum atomic E-state index is 11.2. The number of esters is 1. The molecule has 1 unspecified atom stereocenters. The Kier molecular flexibility index (Phi) is 7.63. The third-order valence-electron chi connectivity index (χ3n) is 4.92. The smallest absolute Gasteiger partial charge is 0.305 e. The number of methoxy groups -OCH3 is 1. The molecular weight excluding hydrogens is 302 g/mol. The number of ether oxygens (including phenoxy) is 1. The zero-order valence-corrected chi connectivity index (χ0v) is 14.5. The van der Waals surface area contributed by atoms with Gasteiger partial charge in [-0.15, -0.1) is 0 Å². The maximum Gasteiger partial charge on any atom is 0.305 e. The number of aryl methyl sites for hydroxylation is 1. The number of rotatable bonds is 7. The van der Waals surface area contributed by atoms with Crippen molar-refractivity contribution in [2.45, 2.75) is 63.8 Å². The number of carbonyl (C=O) groups is 1. The number of nitrogens with zero attached hydrogens (tertiary/aromatic N) is 3. The van der Waals surface area contributed by atoms with E-state index < -0.39 is 0 Å². The van der Waals surface area contributed by atoms with E-state index in [1.165, 1.54) is 38.4 Å². The van der Waals surface area contributed by atoms with E-state index in [1.807, 2.05) is 0 Å². The van der Waals surface area contributed by atoms with Gasteiger partial charge in [0.1, 0.15) is 0 Å². The number of azide groups is 1. The van der Waals surface area contributed by atoms with Crippen LogP contribution < -0.4 is 0 Å². The SMILES string of the molecule is COC(=O)CCCc1ccc(C(N=[N+]=[N-])C2CCCCCC2)cc1. The van der Waals surface area contributed by atoms with E-state index in [-0.39, 0.29) is 12.0 Å². The third-order valence-corrected chi connectivity index (χ3v) is 4.92. The van der Waals surface area contributed by atoms with Gasteiger partial charge in [-0.2, -0.15) is 0 Å². The predicted molar refractivity (Wildman–Crippen MR) is 94.5 cm³/mol. The van der Waals surface area contributed by atoms with Gasteiger partial charge in [0.15, 0.2) is 0 Å². The Morgan fingerprint density at radius 3 is 2.50 bits per heavy atom. The van der Waals surface area contributed by atoms with Gasteiger partial charge in [0.05, 0.1) is 13.2 Å². The molecule has 5 heteroatoms. The van der Waals surface area contributed by atoms with Crippen LogP contribution in [0.1, 0.15) is 68.5 Å². The summed E-state index contributed by atoms with van der Waals surface area (Å²) in [6, 6.07) is 8.28. The number of hydrogen-bond donors (Lipinski definition) is 0. The van der Waals surface area contributed by atoms with Gasteiger partial charge >= 0.3 is 5.97 Å². The van der Waals surface area contributed by atoms with Crippen LogP contribution in [0.2, 0.25) is 0 Å². The van der Waals surface area contributed by atoms with E-state index >= 15 is 0 Å². The molecular formula is C19H27N3O2. The van der Waals surface area contributed by atoms with Crippen molar-refractivity contribution >= 4 is 5.97 Å². The molecule has 5 nitrogen and oxygen atoms in total. The van der Waals surface area contributed by atoms with Crippen molar-refractivity contribution in [3.05, 3.63) is 45.8 Å². The number of benzene rings is 1. The summed E-state index contributed by atoms with van der Waals surface area (Å²) in [5.41, 5.74) is 11.3. The molecule has 2 rings (SSSR count). The molecule has 24 heavy (non-hydrogen) atoms. The Bertz CT molecular complexity index is 556. The second-order valence-corrected chi connectivity index (χ2v) is 6.57. The number of hydrogen-bond acceptors (Lipinski definition) is 3. The van der Waals surface area contributed by atoms with Crippen LogP contribution in [0.3, 0.4) is 0 Å². The Hall–Kier alpha value is -2.00. The van der Waals surface area contributed by atoms with Crippen molar-refractivity contribution in [3.8, 4) is 0 Å². The lowest BCUT2D eigenvalue weighted by atomic mass is 9.87. The first-order valence-electron chi connectivity index (χ1n) is 8.94. The van der Waals surface area contributed by atoms with Crippen LogP contribution in [0.15, 0.2) is 29.4 Å². The van der Waals surface area contributed by atoms with Crippen molar-refractivity contribution in [1.29, 1.82) is 0 Å².